The van der Waals surface area contributed by atoms with E-state index < -0.39 is 6.09 Å². The minimum absolute atomic E-state index is 0.123. The van der Waals surface area contributed by atoms with Crippen LogP contribution in [0.5, 0.6) is 5.88 Å². The molecule has 3 aromatic heterocycles. The van der Waals surface area contributed by atoms with Gasteiger partial charge in [0.2, 0.25) is 11.7 Å². The Morgan fingerprint density at radius 2 is 2.03 bits per heavy atom. The van der Waals surface area contributed by atoms with Crippen LogP contribution in [0.1, 0.15) is 27.4 Å². The molecule has 0 aliphatic heterocycles. The van der Waals surface area contributed by atoms with Crippen LogP contribution < -0.4 is 10.1 Å². The first-order valence-corrected chi connectivity index (χ1v) is 9.32. The number of aromatic amines is 1. The van der Waals surface area contributed by atoms with Gasteiger partial charge in [0.05, 0.1) is 18.4 Å². The molecule has 0 unspecified atom stereocenters. The molecule has 0 fully saturated rings. The molecule has 9 heteroatoms. The van der Waals surface area contributed by atoms with Crippen LogP contribution in [0.15, 0.2) is 63.9 Å². The van der Waals surface area contributed by atoms with Gasteiger partial charge in [-0.25, -0.2) is 4.79 Å². The Hall–Kier alpha value is -3.78. The third-order valence-corrected chi connectivity index (χ3v) is 4.57. The number of ether oxygens (including phenoxy) is 1. The predicted octanol–water partition coefficient (Wildman–Crippen LogP) is 4.74. The molecular formula is C21H16ClN3O5. The first-order chi connectivity index (χ1) is 14.5. The molecule has 0 aliphatic carbocycles. The summed E-state index contributed by atoms with van der Waals surface area (Å²) in [4.78, 5) is 27.7. The fraction of sp³-hybridized carbons (Fsp3) is 0.0952. The highest BCUT2D eigenvalue weighted by Crippen LogP contribution is 2.29. The molecule has 3 heterocycles. The highest BCUT2D eigenvalue weighted by molar-refractivity contribution is 6.30. The summed E-state index contributed by atoms with van der Waals surface area (Å²) in [6.07, 6.45) is 2.28. The van der Waals surface area contributed by atoms with E-state index in [1.54, 1.807) is 43.3 Å². The molecule has 0 radical (unpaired) electrons. The summed E-state index contributed by atoms with van der Waals surface area (Å²) in [5.74, 6) is 0.773. The van der Waals surface area contributed by atoms with Crippen molar-refractivity contribution in [3.8, 4) is 17.1 Å². The van der Waals surface area contributed by atoms with Gasteiger partial charge in [0.15, 0.2) is 0 Å². The third kappa shape index (κ3) is 4.13. The summed E-state index contributed by atoms with van der Waals surface area (Å²) < 4.78 is 15.5. The Morgan fingerprint density at radius 3 is 2.77 bits per heavy atom. The number of nitrogens with zero attached hydrogens (tertiary/aromatic N) is 1. The van der Waals surface area contributed by atoms with E-state index >= 15 is 0 Å². The van der Waals surface area contributed by atoms with Crippen molar-refractivity contribution in [2.24, 2.45) is 0 Å². The average molecular weight is 426 g/mol. The van der Waals surface area contributed by atoms with Gasteiger partial charge in [-0.2, -0.15) is 0 Å². The Labute approximate surface area is 175 Å². The van der Waals surface area contributed by atoms with E-state index in [9.17, 15) is 9.59 Å². The van der Waals surface area contributed by atoms with E-state index in [0.717, 1.165) is 0 Å². The number of furan rings is 1. The second kappa shape index (κ2) is 8.30. The predicted molar refractivity (Wildman–Crippen MR) is 107 cm³/mol. The van der Waals surface area contributed by atoms with E-state index in [1.165, 1.54) is 18.5 Å². The molecule has 30 heavy (non-hydrogen) atoms. The molecular weight excluding hydrogens is 410 g/mol. The van der Waals surface area contributed by atoms with Crippen LogP contribution in [0.3, 0.4) is 0 Å². The quantitative estimate of drug-likeness (QED) is 0.431. The molecule has 2 N–H and O–H groups in total. The van der Waals surface area contributed by atoms with Gasteiger partial charge >= 0.3 is 6.09 Å². The number of carbonyl (C=O) groups is 2. The average Bonchev–Trinajstić information content (AvgIpc) is 3.48. The van der Waals surface area contributed by atoms with E-state index in [-0.39, 0.29) is 18.2 Å². The molecule has 4 aromatic rings. The zero-order valence-electron chi connectivity index (χ0n) is 15.8. The molecule has 0 bridgehead atoms. The fourth-order valence-corrected chi connectivity index (χ4v) is 2.99. The second-order valence-electron chi connectivity index (χ2n) is 6.37. The summed E-state index contributed by atoms with van der Waals surface area (Å²) >= 11 is 5.93. The Balaban J connectivity index is 1.48. The van der Waals surface area contributed by atoms with Gasteiger partial charge in [-0.3, -0.25) is 4.79 Å². The highest BCUT2D eigenvalue weighted by atomic mass is 35.5. The molecule has 1 aromatic carbocycles. The smallest absolute Gasteiger partial charge is 0.414 e. The van der Waals surface area contributed by atoms with Crippen LogP contribution in [0.4, 0.5) is 4.79 Å². The van der Waals surface area contributed by atoms with E-state index in [4.69, 9.17) is 25.3 Å². The molecule has 8 nitrogen and oxygen atoms in total. The Bertz CT molecular complexity index is 1180. The van der Waals surface area contributed by atoms with Crippen molar-refractivity contribution in [2.45, 2.75) is 13.5 Å². The molecule has 0 aliphatic rings. The maximum Gasteiger partial charge on any atom is 0.414 e. The molecule has 0 spiro atoms. The number of halogens is 1. The summed E-state index contributed by atoms with van der Waals surface area (Å²) in [6, 6.07) is 11.8. The lowest BCUT2D eigenvalue weighted by Gasteiger charge is -2.03. The molecule has 1 amide bonds. The number of amides is 1. The number of aromatic nitrogens is 2. The van der Waals surface area contributed by atoms with Crippen LogP contribution >= 0.6 is 11.6 Å². The maximum absolute atomic E-state index is 13.1. The van der Waals surface area contributed by atoms with Gasteiger partial charge in [0, 0.05) is 28.4 Å². The van der Waals surface area contributed by atoms with Crippen molar-refractivity contribution < 1.29 is 23.3 Å². The number of benzene rings is 1. The van der Waals surface area contributed by atoms with Crippen molar-refractivity contribution in [1.29, 1.82) is 0 Å². The van der Waals surface area contributed by atoms with Crippen molar-refractivity contribution in [3.05, 3.63) is 82.6 Å². The zero-order chi connectivity index (χ0) is 21.1. The standard InChI is InChI=1S/C21H16ClN3O5/c1-12-18(19(25-30-12)13-4-6-15(22)7-5-13)20(26)14-9-17(23-10-14)29-21(27)24-11-16-3-2-8-28-16/h2-10,23H,11H2,1H3,(H,24,27). The van der Waals surface area contributed by atoms with Gasteiger partial charge in [0.25, 0.3) is 0 Å². The molecule has 0 atom stereocenters. The molecule has 0 saturated heterocycles. The minimum Gasteiger partial charge on any atom is -0.467 e. The summed E-state index contributed by atoms with van der Waals surface area (Å²) in [6.45, 7) is 1.84. The van der Waals surface area contributed by atoms with Crippen molar-refractivity contribution >= 4 is 23.5 Å². The summed E-state index contributed by atoms with van der Waals surface area (Å²) in [5, 5.41) is 7.13. The number of H-pyrrole nitrogens is 1. The number of rotatable bonds is 6. The SMILES string of the molecule is Cc1onc(-c2ccc(Cl)cc2)c1C(=O)c1c[nH]c(OC(=O)NCc2ccco2)c1. The van der Waals surface area contributed by atoms with Gasteiger partial charge in [-0.15, -0.1) is 0 Å². The lowest BCUT2D eigenvalue weighted by Crippen LogP contribution is -2.26. The fourth-order valence-electron chi connectivity index (χ4n) is 2.86. The maximum atomic E-state index is 13.1. The minimum atomic E-state index is -0.685. The van der Waals surface area contributed by atoms with Crippen molar-refractivity contribution in [1.82, 2.24) is 15.5 Å². The number of ketones is 1. The number of hydrogen-bond donors (Lipinski definition) is 2. The third-order valence-electron chi connectivity index (χ3n) is 4.32. The van der Waals surface area contributed by atoms with Gasteiger partial charge < -0.3 is 24.0 Å². The van der Waals surface area contributed by atoms with Crippen molar-refractivity contribution in [2.75, 3.05) is 0 Å². The van der Waals surface area contributed by atoms with Crippen LogP contribution in [0.25, 0.3) is 11.3 Å². The molecule has 152 valence electrons. The number of nitrogens with one attached hydrogen (secondary N) is 2. The van der Waals surface area contributed by atoms with Gasteiger partial charge in [-0.05, 0) is 31.2 Å². The zero-order valence-corrected chi connectivity index (χ0v) is 16.5. The van der Waals surface area contributed by atoms with Crippen LogP contribution in [0, 0.1) is 6.92 Å². The van der Waals surface area contributed by atoms with Crippen LogP contribution in [-0.2, 0) is 6.54 Å². The van der Waals surface area contributed by atoms with Gasteiger partial charge in [0.1, 0.15) is 17.2 Å². The Morgan fingerprint density at radius 1 is 1.23 bits per heavy atom. The lowest BCUT2D eigenvalue weighted by atomic mass is 10.00. The Kier molecular flexibility index (Phi) is 5.40. The number of aryl methyl sites for hydroxylation is 1. The normalized spacial score (nSPS) is 10.7. The van der Waals surface area contributed by atoms with Crippen molar-refractivity contribution in [3.63, 3.8) is 0 Å². The highest BCUT2D eigenvalue weighted by Gasteiger charge is 2.24. The molecule has 4 rings (SSSR count). The van der Waals surface area contributed by atoms with E-state index in [2.05, 4.69) is 15.5 Å². The topological polar surface area (TPSA) is 110 Å². The number of hydrogen-bond acceptors (Lipinski definition) is 6. The summed E-state index contributed by atoms with van der Waals surface area (Å²) in [7, 11) is 0. The monoisotopic (exact) mass is 425 g/mol. The number of carbonyl (C=O) groups excluding carboxylic acids is 2. The largest absolute Gasteiger partial charge is 0.467 e. The van der Waals surface area contributed by atoms with E-state index in [0.29, 0.717) is 38.9 Å². The van der Waals surface area contributed by atoms with E-state index in [1.807, 2.05) is 0 Å². The second-order valence-corrected chi connectivity index (χ2v) is 6.81. The molecule has 0 saturated carbocycles. The first kappa shape index (κ1) is 19.5. The lowest BCUT2D eigenvalue weighted by molar-refractivity contribution is 0.103. The van der Waals surface area contributed by atoms with Crippen LogP contribution in [-0.4, -0.2) is 22.0 Å². The summed E-state index contributed by atoms with van der Waals surface area (Å²) in [5.41, 5.74) is 1.73. The van der Waals surface area contributed by atoms with Crippen LogP contribution in [0.2, 0.25) is 5.02 Å². The van der Waals surface area contributed by atoms with Gasteiger partial charge in [-0.1, -0.05) is 28.9 Å². The first-order valence-electron chi connectivity index (χ1n) is 8.94.